The molecule has 0 unspecified atom stereocenters. The Bertz CT molecular complexity index is 1140. The number of nitrogens with zero attached hydrogens (tertiary/aromatic N) is 1. The quantitative estimate of drug-likeness (QED) is 0.456. The van der Waals surface area contributed by atoms with E-state index >= 15 is 0 Å². The molecule has 0 spiro atoms. The van der Waals surface area contributed by atoms with Crippen molar-refractivity contribution in [3.63, 3.8) is 0 Å². The first-order chi connectivity index (χ1) is 13.8. The number of sulfonamides is 1. The van der Waals surface area contributed by atoms with Crippen LogP contribution in [-0.4, -0.2) is 20.5 Å². The van der Waals surface area contributed by atoms with Gasteiger partial charge < -0.3 is 0 Å². The Balaban J connectivity index is 1.64. The number of carbonyl (C=O) groups excluding carboxylic acids is 1. The van der Waals surface area contributed by atoms with E-state index in [-0.39, 0.29) is 4.90 Å². The van der Waals surface area contributed by atoms with Crippen LogP contribution in [0.2, 0.25) is 5.02 Å². The van der Waals surface area contributed by atoms with Gasteiger partial charge in [0.2, 0.25) is 0 Å². The van der Waals surface area contributed by atoms with Gasteiger partial charge in [-0.1, -0.05) is 47.5 Å². The summed E-state index contributed by atoms with van der Waals surface area (Å²) < 4.78 is 27.3. The van der Waals surface area contributed by atoms with Crippen molar-refractivity contribution in [3.8, 4) is 0 Å². The lowest BCUT2D eigenvalue weighted by molar-refractivity contribution is 0.0955. The second-order valence-electron chi connectivity index (χ2n) is 6.22. The van der Waals surface area contributed by atoms with Crippen LogP contribution in [0.25, 0.3) is 0 Å². The summed E-state index contributed by atoms with van der Waals surface area (Å²) in [5, 5.41) is 4.41. The number of carbonyl (C=O) groups is 1. The Morgan fingerprint density at radius 2 is 1.62 bits per heavy atom. The van der Waals surface area contributed by atoms with Crippen molar-refractivity contribution in [1.29, 1.82) is 0 Å². The van der Waals surface area contributed by atoms with E-state index in [1.165, 1.54) is 42.6 Å². The topological polar surface area (TPSA) is 87.6 Å². The van der Waals surface area contributed by atoms with E-state index in [2.05, 4.69) is 15.2 Å². The minimum Gasteiger partial charge on any atom is -0.280 e. The Hall–Kier alpha value is -3.16. The zero-order chi connectivity index (χ0) is 20.9. The Morgan fingerprint density at radius 3 is 2.28 bits per heavy atom. The minimum atomic E-state index is -3.70. The summed E-state index contributed by atoms with van der Waals surface area (Å²) in [6, 6.07) is 19.7. The van der Waals surface area contributed by atoms with Crippen LogP contribution in [0.1, 0.15) is 21.5 Å². The molecule has 0 aliphatic rings. The maximum absolute atomic E-state index is 12.4. The molecule has 0 radical (unpaired) electrons. The van der Waals surface area contributed by atoms with Crippen LogP contribution in [0.15, 0.2) is 82.8 Å². The van der Waals surface area contributed by atoms with Gasteiger partial charge in [-0.3, -0.25) is 9.52 Å². The number of nitrogens with one attached hydrogen (secondary N) is 2. The van der Waals surface area contributed by atoms with Crippen LogP contribution < -0.4 is 10.1 Å². The standard InChI is InChI=1S/C21H18ClN3O3S/c1-15-6-12-19(13-7-15)29(27,28)25-18-10-8-16(9-11-18)21(26)24-23-14-17-4-2-3-5-20(17)22/h2-14,25H,1H3,(H,24,26). The summed E-state index contributed by atoms with van der Waals surface area (Å²) in [6.45, 7) is 1.88. The summed E-state index contributed by atoms with van der Waals surface area (Å²) in [5.74, 6) is -0.429. The van der Waals surface area contributed by atoms with E-state index < -0.39 is 15.9 Å². The molecule has 0 bridgehead atoms. The number of benzene rings is 3. The minimum absolute atomic E-state index is 0.166. The Morgan fingerprint density at radius 1 is 0.966 bits per heavy atom. The fraction of sp³-hybridized carbons (Fsp3) is 0.0476. The Labute approximate surface area is 174 Å². The molecule has 0 saturated heterocycles. The van der Waals surface area contributed by atoms with Crippen LogP contribution in [-0.2, 0) is 10.0 Å². The third kappa shape index (κ3) is 5.43. The van der Waals surface area contributed by atoms with Gasteiger partial charge in [0.05, 0.1) is 11.1 Å². The number of anilines is 1. The van der Waals surface area contributed by atoms with Crippen molar-refractivity contribution in [2.75, 3.05) is 4.72 Å². The van der Waals surface area contributed by atoms with Crippen molar-refractivity contribution >= 4 is 39.4 Å². The van der Waals surface area contributed by atoms with Gasteiger partial charge in [-0.2, -0.15) is 5.10 Å². The normalized spacial score (nSPS) is 11.4. The summed E-state index contributed by atoms with van der Waals surface area (Å²) >= 11 is 6.02. The molecule has 6 nitrogen and oxygen atoms in total. The number of rotatable bonds is 6. The molecular formula is C21H18ClN3O3S. The first kappa shape index (κ1) is 20.6. The van der Waals surface area contributed by atoms with Crippen molar-refractivity contribution < 1.29 is 13.2 Å². The molecule has 2 N–H and O–H groups in total. The van der Waals surface area contributed by atoms with Crippen molar-refractivity contribution in [3.05, 3.63) is 94.5 Å². The first-order valence-electron chi connectivity index (χ1n) is 8.63. The lowest BCUT2D eigenvalue weighted by atomic mass is 10.2. The van der Waals surface area contributed by atoms with E-state index in [0.717, 1.165) is 5.56 Å². The molecule has 8 heteroatoms. The summed E-state index contributed by atoms with van der Waals surface area (Å²) in [5.41, 5.74) is 4.73. The molecule has 3 aromatic carbocycles. The average Bonchev–Trinajstić information content (AvgIpc) is 2.70. The van der Waals surface area contributed by atoms with Gasteiger partial charge in [0.1, 0.15) is 0 Å². The molecule has 0 fully saturated rings. The molecule has 29 heavy (non-hydrogen) atoms. The molecule has 3 aromatic rings. The van der Waals surface area contributed by atoms with Crippen molar-refractivity contribution in [2.45, 2.75) is 11.8 Å². The largest absolute Gasteiger partial charge is 0.280 e. The van der Waals surface area contributed by atoms with Gasteiger partial charge >= 0.3 is 0 Å². The zero-order valence-corrected chi connectivity index (χ0v) is 17.0. The van der Waals surface area contributed by atoms with Gasteiger partial charge in [-0.05, 0) is 49.4 Å². The summed E-state index contributed by atoms with van der Waals surface area (Å²) in [7, 11) is -3.70. The molecule has 0 aliphatic carbocycles. The van der Waals surface area contributed by atoms with E-state index in [4.69, 9.17) is 11.6 Å². The van der Waals surface area contributed by atoms with Gasteiger partial charge in [-0.25, -0.2) is 13.8 Å². The highest BCUT2D eigenvalue weighted by molar-refractivity contribution is 7.92. The van der Waals surface area contributed by atoms with E-state index in [0.29, 0.717) is 21.8 Å². The van der Waals surface area contributed by atoms with Crippen molar-refractivity contribution in [2.24, 2.45) is 5.10 Å². The van der Waals surface area contributed by atoms with Gasteiger partial charge in [-0.15, -0.1) is 0 Å². The molecule has 1 amide bonds. The van der Waals surface area contributed by atoms with Gasteiger partial charge in [0.25, 0.3) is 15.9 Å². The fourth-order valence-corrected chi connectivity index (χ4v) is 3.67. The molecule has 0 saturated carbocycles. The number of hydrogen-bond acceptors (Lipinski definition) is 4. The van der Waals surface area contributed by atoms with Crippen LogP contribution in [0.5, 0.6) is 0 Å². The van der Waals surface area contributed by atoms with E-state index in [9.17, 15) is 13.2 Å². The molecule has 3 rings (SSSR count). The highest BCUT2D eigenvalue weighted by Gasteiger charge is 2.14. The third-order valence-corrected chi connectivity index (χ3v) is 5.75. The van der Waals surface area contributed by atoms with Crippen LogP contribution in [0.3, 0.4) is 0 Å². The third-order valence-electron chi connectivity index (χ3n) is 4.01. The van der Waals surface area contributed by atoms with Crippen LogP contribution >= 0.6 is 11.6 Å². The number of hydrogen-bond donors (Lipinski definition) is 2. The van der Waals surface area contributed by atoms with Gasteiger partial charge in [0, 0.05) is 21.8 Å². The second kappa shape index (κ2) is 8.89. The molecule has 0 atom stereocenters. The lowest BCUT2D eigenvalue weighted by Crippen LogP contribution is -2.18. The molecule has 0 aliphatic heterocycles. The molecule has 0 aromatic heterocycles. The molecular weight excluding hydrogens is 410 g/mol. The average molecular weight is 428 g/mol. The highest BCUT2D eigenvalue weighted by atomic mass is 35.5. The molecule has 148 valence electrons. The zero-order valence-electron chi connectivity index (χ0n) is 15.5. The fourth-order valence-electron chi connectivity index (χ4n) is 2.43. The van der Waals surface area contributed by atoms with Crippen molar-refractivity contribution in [1.82, 2.24) is 5.43 Å². The number of hydrazone groups is 1. The maximum Gasteiger partial charge on any atom is 0.271 e. The number of halogens is 1. The SMILES string of the molecule is Cc1ccc(S(=O)(=O)Nc2ccc(C(=O)NN=Cc3ccccc3Cl)cc2)cc1. The smallest absolute Gasteiger partial charge is 0.271 e. The van der Waals surface area contributed by atoms with Crippen LogP contribution in [0.4, 0.5) is 5.69 Å². The highest BCUT2D eigenvalue weighted by Crippen LogP contribution is 2.17. The summed E-state index contributed by atoms with van der Waals surface area (Å²) in [6.07, 6.45) is 1.45. The predicted octanol–water partition coefficient (Wildman–Crippen LogP) is 4.21. The first-order valence-corrected chi connectivity index (χ1v) is 10.5. The van der Waals surface area contributed by atoms with E-state index in [1.54, 1.807) is 30.3 Å². The lowest BCUT2D eigenvalue weighted by Gasteiger charge is -2.09. The van der Waals surface area contributed by atoms with Gasteiger partial charge in [0.15, 0.2) is 0 Å². The van der Waals surface area contributed by atoms with Crippen LogP contribution in [0, 0.1) is 6.92 Å². The maximum atomic E-state index is 12.4. The summed E-state index contributed by atoms with van der Waals surface area (Å²) in [4.78, 5) is 12.3. The van der Waals surface area contributed by atoms with E-state index in [1.807, 2.05) is 13.0 Å². The second-order valence-corrected chi connectivity index (χ2v) is 8.31. The monoisotopic (exact) mass is 427 g/mol. The predicted molar refractivity (Wildman–Crippen MR) is 115 cm³/mol. The number of amides is 1. The molecule has 0 heterocycles. The Kier molecular flexibility index (Phi) is 6.31. The number of aryl methyl sites for hydroxylation is 1.